The lowest BCUT2D eigenvalue weighted by atomic mass is 10.2. The number of ether oxygens (including phenoxy) is 1. The highest BCUT2D eigenvalue weighted by Gasteiger charge is 2.25. The van der Waals surface area contributed by atoms with Crippen LogP contribution >= 0.6 is 0 Å². The van der Waals surface area contributed by atoms with Crippen molar-refractivity contribution in [3.8, 4) is 0 Å². The highest BCUT2D eigenvalue weighted by atomic mass is 16.8. The summed E-state index contributed by atoms with van der Waals surface area (Å²) in [7, 11) is 0. The van der Waals surface area contributed by atoms with Crippen molar-refractivity contribution >= 4 is 11.8 Å². The molecule has 0 radical (unpaired) electrons. The van der Waals surface area contributed by atoms with Gasteiger partial charge in [0.1, 0.15) is 0 Å². The largest absolute Gasteiger partial charge is 0.347 e. The van der Waals surface area contributed by atoms with E-state index in [2.05, 4.69) is 0 Å². The average molecular weight is 199 g/mol. The summed E-state index contributed by atoms with van der Waals surface area (Å²) in [6.07, 6.45) is 2.30. The Bertz CT molecular complexity index is 259. The van der Waals surface area contributed by atoms with E-state index in [0.717, 1.165) is 12.2 Å². The third-order valence-electron chi connectivity index (χ3n) is 1.44. The number of nitrogens with zero attached hydrogens (tertiary/aromatic N) is 1. The van der Waals surface area contributed by atoms with E-state index in [0.29, 0.717) is 5.06 Å². The molecule has 0 aromatic carbocycles. The molecule has 1 aliphatic heterocycles. The molecule has 5 heteroatoms. The molecular weight excluding hydrogens is 186 g/mol. The fourth-order valence-electron chi connectivity index (χ4n) is 0.770. The van der Waals surface area contributed by atoms with E-state index in [9.17, 15) is 9.59 Å². The summed E-state index contributed by atoms with van der Waals surface area (Å²) in [5, 5.41) is 0.672. The van der Waals surface area contributed by atoms with E-state index in [-0.39, 0.29) is 12.4 Å². The lowest BCUT2D eigenvalue weighted by Crippen LogP contribution is -2.33. The second-order valence-corrected chi connectivity index (χ2v) is 3.81. The predicted molar refractivity (Wildman–Crippen MR) is 47.8 cm³/mol. The maximum absolute atomic E-state index is 11.0. The van der Waals surface area contributed by atoms with Crippen LogP contribution in [0.25, 0.3) is 0 Å². The molecule has 0 saturated carbocycles. The zero-order chi connectivity index (χ0) is 10.8. The summed E-state index contributed by atoms with van der Waals surface area (Å²) in [4.78, 5) is 26.8. The maximum atomic E-state index is 11.0. The van der Waals surface area contributed by atoms with Crippen molar-refractivity contribution in [1.82, 2.24) is 5.06 Å². The van der Waals surface area contributed by atoms with Gasteiger partial charge in [-0.1, -0.05) is 0 Å². The van der Waals surface area contributed by atoms with Crippen LogP contribution in [-0.4, -0.2) is 29.3 Å². The first-order chi connectivity index (χ1) is 6.40. The normalized spacial score (nSPS) is 16.9. The fraction of sp³-hybridized carbons (Fsp3) is 0.556. The Balaban J connectivity index is 2.33. The molecule has 1 aliphatic rings. The molecule has 14 heavy (non-hydrogen) atoms. The Hall–Kier alpha value is -1.20. The lowest BCUT2D eigenvalue weighted by molar-refractivity contribution is -0.231. The first-order valence-corrected chi connectivity index (χ1v) is 4.23. The van der Waals surface area contributed by atoms with Crippen molar-refractivity contribution in [3.05, 3.63) is 12.2 Å². The van der Waals surface area contributed by atoms with Gasteiger partial charge >= 0.3 is 0 Å². The number of amides is 2. The van der Waals surface area contributed by atoms with Crippen LogP contribution in [0.4, 0.5) is 0 Å². The topological polar surface area (TPSA) is 55.8 Å². The standard InChI is InChI=1S/C9H13NO4/c1-9(2,3)13-6-14-10-7(11)4-5-8(10)12/h4-5H,6H2,1-3H3. The Morgan fingerprint density at radius 3 is 2.14 bits per heavy atom. The Labute approximate surface area is 82.2 Å². The molecule has 0 fully saturated rings. The third kappa shape index (κ3) is 2.93. The maximum Gasteiger partial charge on any atom is 0.278 e. The second-order valence-electron chi connectivity index (χ2n) is 3.81. The average Bonchev–Trinajstić information content (AvgIpc) is 2.33. The first kappa shape index (κ1) is 10.9. The van der Waals surface area contributed by atoms with Crippen molar-refractivity contribution < 1.29 is 19.2 Å². The lowest BCUT2D eigenvalue weighted by Gasteiger charge is -2.21. The van der Waals surface area contributed by atoms with Crippen molar-refractivity contribution in [3.63, 3.8) is 0 Å². The molecule has 1 heterocycles. The highest BCUT2D eigenvalue weighted by Crippen LogP contribution is 2.09. The molecule has 2 amide bonds. The molecule has 5 nitrogen and oxygen atoms in total. The van der Waals surface area contributed by atoms with Crippen molar-refractivity contribution in [2.24, 2.45) is 0 Å². The number of carbonyl (C=O) groups is 2. The van der Waals surface area contributed by atoms with Crippen LogP contribution in [-0.2, 0) is 19.2 Å². The molecule has 0 atom stereocenters. The summed E-state index contributed by atoms with van der Waals surface area (Å²) in [5.41, 5.74) is -0.362. The van der Waals surface area contributed by atoms with E-state index >= 15 is 0 Å². The van der Waals surface area contributed by atoms with E-state index in [4.69, 9.17) is 9.57 Å². The minimum atomic E-state index is -0.479. The number of hydroxylamine groups is 2. The summed E-state index contributed by atoms with van der Waals surface area (Å²) >= 11 is 0. The highest BCUT2D eigenvalue weighted by molar-refractivity contribution is 6.11. The molecule has 0 spiro atoms. The summed E-state index contributed by atoms with van der Waals surface area (Å²) in [5.74, 6) is -0.958. The Morgan fingerprint density at radius 1 is 1.21 bits per heavy atom. The van der Waals surface area contributed by atoms with Gasteiger partial charge in [0.2, 0.25) is 0 Å². The number of carbonyl (C=O) groups excluding carboxylic acids is 2. The monoisotopic (exact) mass is 199 g/mol. The Morgan fingerprint density at radius 2 is 1.71 bits per heavy atom. The van der Waals surface area contributed by atoms with Crippen LogP contribution in [0.1, 0.15) is 20.8 Å². The third-order valence-corrected chi connectivity index (χ3v) is 1.44. The SMILES string of the molecule is CC(C)(C)OCON1C(=O)C=CC1=O. The molecule has 0 bridgehead atoms. The molecule has 78 valence electrons. The molecule has 0 aromatic rings. The van der Waals surface area contributed by atoms with Crippen LogP contribution in [0, 0.1) is 0 Å². The molecule has 0 aromatic heterocycles. The van der Waals surface area contributed by atoms with Gasteiger partial charge in [0.25, 0.3) is 11.8 Å². The van der Waals surface area contributed by atoms with Crippen LogP contribution < -0.4 is 0 Å². The van der Waals surface area contributed by atoms with Crippen LogP contribution in [0.15, 0.2) is 12.2 Å². The molecule has 0 unspecified atom stereocenters. The molecule has 0 aliphatic carbocycles. The van der Waals surface area contributed by atoms with E-state index in [1.54, 1.807) is 0 Å². The summed E-state index contributed by atoms with van der Waals surface area (Å²) < 4.78 is 5.19. The van der Waals surface area contributed by atoms with Crippen LogP contribution in [0.3, 0.4) is 0 Å². The van der Waals surface area contributed by atoms with Gasteiger partial charge in [-0.05, 0) is 20.8 Å². The van der Waals surface area contributed by atoms with Crippen molar-refractivity contribution in [1.29, 1.82) is 0 Å². The van der Waals surface area contributed by atoms with E-state index in [1.165, 1.54) is 0 Å². The van der Waals surface area contributed by atoms with Crippen molar-refractivity contribution in [2.75, 3.05) is 6.79 Å². The zero-order valence-corrected chi connectivity index (χ0v) is 8.44. The molecule has 0 saturated heterocycles. The zero-order valence-electron chi connectivity index (χ0n) is 8.44. The van der Waals surface area contributed by atoms with Gasteiger partial charge in [-0.15, -0.1) is 5.06 Å². The molecule has 1 rings (SSSR count). The second kappa shape index (κ2) is 3.89. The van der Waals surface area contributed by atoms with Gasteiger partial charge in [-0.25, -0.2) is 4.84 Å². The van der Waals surface area contributed by atoms with Crippen LogP contribution in [0.5, 0.6) is 0 Å². The minimum absolute atomic E-state index is 0.122. The first-order valence-electron chi connectivity index (χ1n) is 4.23. The van der Waals surface area contributed by atoms with Gasteiger partial charge < -0.3 is 4.74 Å². The predicted octanol–water partition coefficient (Wildman–Crippen LogP) is 0.616. The van der Waals surface area contributed by atoms with Gasteiger partial charge in [-0.2, -0.15) is 0 Å². The quantitative estimate of drug-likeness (QED) is 0.493. The number of rotatable bonds is 3. The number of hydrogen-bond donors (Lipinski definition) is 0. The number of imide groups is 1. The minimum Gasteiger partial charge on any atom is -0.347 e. The summed E-state index contributed by atoms with van der Waals surface area (Å²) in [6, 6.07) is 0. The van der Waals surface area contributed by atoms with E-state index in [1.807, 2.05) is 20.8 Å². The van der Waals surface area contributed by atoms with Crippen LogP contribution in [0.2, 0.25) is 0 Å². The van der Waals surface area contributed by atoms with Gasteiger partial charge in [0.15, 0.2) is 6.79 Å². The van der Waals surface area contributed by atoms with Gasteiger partial charge in [-0.3, -0.25) is 9.59 Å². The van der Waals surface area contributed by atoms with Gasteiger partial charge in [0.05, 0.1) is 5.60 Å². The fourth-order valence-corrected chi connectivity index (χ4v) is 0.770. The Kier molecular flexibility index (Phi) is 3.03. The number of hydrogen-bond acceptors (Lipinski definition) is 4. The van der Waals surface area contributed by atoms with Crippen molar-refractivity contribution in [2.45, 2.75) is 26.4 Å². The molecule has 0 N–H and O–H groups in total. The summed E-state index contributed by atoms with van der Waals surface area (Å²) in [6.45, 7) is 5.43. The molecular formula is C9H13NO4. The smallest absolute Gasteiger partial charge is 0.278 e. The van der Waals surface area contributed by atoms with Gasteiger partial charge in [0, 0.05) is 12.2 Å². The van der Waals surface area contributed by atoms with E-state index < -0.39 is 11.8 Å².